The molecule has 2 aromatic heterocycles. The van der Waals surface area contributed by atoms with Crippen LogP contribution in [0.25, 0.3) is 16.8 Å². The summed E-state index contributed by atoms with van der Waals surface area (Å²) in [4.78, 5) is 16.8. The molecular weight excluding hydrogens is 364 g/mol. The van der Waals surface area contributed by atoms with Crippen molar-refractivity contribution in [3.8, 4) is 11.1 Å². The summed E-state index contributed by atoms with van der Waals surface area (Å²) in [5.74, 6) is 0.376. The van der Waals surface area contributed by atoms with Gasteiger partial charge in [0.05, 0.1) is 11.4 Å². The number of fused-ring (bicyclic) bond motifs is 1. The lowest BCUT2D eigenvalue weighted by molar-refractivity contribution is 0.0943. The highest BCUT2D eigenvalue weighted by molar-refractivity contribution is 5.95. The van der Waals surface area contributed by atoms with Gasteiger partial charge in [0, 0.05) is 23.4 Å². The van der Waals surface area contributed by atoms with Crippen LogP contribution < -0.4 is 16.4 Å². The average Bonchev–Trinajstić information content (AvgIpc) is 3.11. The van der Waals surface area contributed by atoms with E-state index in [1.54, 1.807) is 4.52 Å². The molecule has 29 heavy (non-hydrogen) atoms. The zero-order valence-corrected chi connectivity index (χ0v) is 16.3. The first-order valence-corrected chi connectivity index (χ1v) is 9.39. The molecule has 0 spiro atoms. The summed E-state index contributed by atoms with van der Waals surface area (Å²) in [6.45, 7) is 3.88. The van der Waals surface area contributed by atoms with Gasteiger partial charge in [-0.3, -0.25) is 4.79 Å². The summed E-state index contributed by atoms with van der Waals surface area (Å²) < 4.78 is 1.71. The van der Waals surface area contributed by atoms with Crippen molar-refractivity contribution in [3.63, 3.8) is 0 Å². The Kier molecular flexibility index (Phi) is 4.87. The van der Waals surface area contributed by atoms with Gasteiger partial charge in [-0.05, 0) is 55.8 Å². The number of nitrogen functional groups attached to an aromatic ring is 1. The smallest absolute Gasteiger partial charge is 0.251 e. The highest BCUT2D eigenvalue weighted by atomic mass is 16.1. The molecule has 1 amide bonds. The van der Waals surface area contributed by atoms with Crippen LogP contribution in [0.15, 0.2) is 66.9 Å². The lowest BCUT2D eigenvalue weighted by atomic mass is 10.0. The van der Waals surface area contributed by atoms with Gasteiger partial charge < -0.3 is 16.4 Å². The maximum absolute atomic E-state index is 12.3. The molecule has 2 heterocycles. The van der Waals surface area contributed by atoms with E-state index in [-0.39, 0.29) is 11.9 Å². The van der Waals surface area contributed by atoms with Gasteiger partial charge in [0.25, 0.3) is 5.91 Å². The number of para-hydroxylation sites is 2. The Morgan fingerprint density at radius 1 is 1.03 bits per heavy atom. The van der Waals surface area contributed by atoms with Gasteiger partial charge in [0.1, 0.15) is 0 Å². The van der Waals surface area contributed by atoms with Gasteiger partial charge in [-0.15, -0.1) is 5.10 Å². The van der Waals surface area contributed by atoms with Crippen molar-refractivity contribution in [2.75, 3.05) is 11.1 Å². The molecule has 146 valence electrons. The molecular formula is C22H22N6O. The fraction of sp³-hybridized carbons (Fsp3) is 0.136. The summed E-state index contributed by atoms with van der Waals surface area (Å²) in [7, 11) is 0. The second-order valence-electron chi connectivity index (χ2n) is 7.08. The zero-order valence-electron chi connectivity index (χ0n) is 16.3. The fourth-order valence-electron chi connectivity index (χ4n) is 3.02. The van der Waals surface area contributed by atoms with E-state index in [1.807, 2.05) is 80.7 Å². The van der Waals surface area contributed by atoms with Crippen LogP contribution in [0.4, 0.5) is 17.3 Å². The Bertz CT molecular complexity index is 1180. The minimum atomic E-state index is -0.0874. The molecule has 0 aliphatic rings. The Balaban J connectivity index is 1.63. The monoisotopic (exact) mass is 386 g/mol. The Morgan fingerprint density at radius 3 is 2.66 bits per heavy atom. The lowest BCUT2D eigenvalue weighted by Crippen LogP contribution is -2.30. The SMILES string of the molecule is CC(C)NC(=O)c1cccc(-c2ccc3nc(Nc4ccccc4N)nn3c2)c1. The number of pyridine rings is 1. The Hall–Kier alpha value is -3.87. The van der Waals surface area contributed by atoms with Crippen LogP contribution in [0.5, 0.6) is 0 Å². The third-order valence-electron chi connectivity index (χ3n) is 4.42. The fourth-order valence-corrected chi connectivity index (χ4v) is 3.02. The summed E-state index contributed by atoms with van der Waals surface area (Å²) >= 11 is 0. The van der Waals surface area contributed by atoms with Crippen LogP contribution in [0.2, 0.25) is 0 Å². The molecule has 0 saturated carbocycles. The number of nitrogens with one attached hydrogen (secondary N) is 2. The van der Waals surface area contributed by atoms with E-state index in [4.69, 9.17) is 5.73 Å². The molecule has 0 unspecified atom stereocenters. The number of nitrogens with two attached hydrogens (primary N) is 1. The van der Waals surface area contributed by atoms with Crippen molar-refractivity contribution in [3.05, 3.63) is 72.4 Å². The van der Waals surface area contributed by atoms with Gasteiger partial charge in [-0.1, -0.05) is 24.3 Å². The van der Waals surface area contributed by atoms with Gasteiger partial charge >= 0.3 is 0 Å². The molecule has 0 atom stereocenters. The molecule has 0 fully saturated rings. The first-order valence-electron chi connectivity index (χ1n) is 9.39. The molecule has 0 bridgehead atoms. The van der Waals surface area contributed by atoms with Crippen molar-refractivity contribution in [1.82, 2.24) is 19.9 Å². The highest BCUT2D eigenvalue weighted by Crippen LogP contribution is 2.23. The minimum Gasteiger partial charge on any atom is -0.397 e. The molecule has 2 aromatic carbocycles. The van der Waals surface area contributed by atoms with E-state index >= 15 is 0 Å². The predicted molar refractivity (Wildman–Crippen MR) is 115 cm³/mol. The third kappa shape index (κ3) is 4.03. The normalized spacial score (nSPS) is 11.0. The molecule has 0 aliphatic carbocycles. The number of hydrogen-bond acceptors (Lipinski definition) is 5. The maximum Gasteiger partial charge on any atom is 0.251 e. The molecule has 4 aromatic rings. The number of aromatic nitrogens is 3. The van der Waals surface area contributed by atoms with Crippen LogP contribution in [0, 0.1) is 0 Å². The van der Waals surface area contributed by atoms with Crippen LogP contribution in [-0.2, 0) is 0 Å². The third-order valence-corrected chi connectivity index (χ3v) is 4.42. The summed E-state index contributed by atoms with van der Waals surface area (Å²) in [6, 6.07) is 18.9. The molecule has 4 rings (SSSR count). The molecule has 7 nitrogen and oxygen atoms in total. The van der Waals surface area contributed by atoms with E-state index in [9.17, 15) is 4.79 Å². The molecule has 0 aliphatic heterocycles. The van der Waals surface area contributed by atoms with Gasteiger partial charge in [0.15, 0.2) is 5.65 Å². The molecule has 0 radical (unpaired) electrons. The van der Waals surface area contributed by atoms with E-state index in [0.29, 0.717) is 22.8 Å². The number of hydrogen-bond donors (Lipinski definition) is 3. The number of anilines is 3. The molecule has 4 N–H and O–H groups in total. The maximum atomic E-state index is 12.3. The van der Waals surface area contributed by atoms with Gasteiger partial charge in [-0.25, -0.2) is 4.52 Å². The Labute approximate surface area is 168 Å². The summed E-state index contributed by atoms with van der Waals surface area (Å²) in [6.07, 6.45) is 1.89. The number of amides is 1. The highest BCUT2D eigenvalue weighted by Gasteiger charge is 2.10. The van der Waals surface area contributed by atoms with Gasteiger partial charge in [0.2, 0.25) is 5.95 Å². The van der Waals surface area contributed by atoms with E-state index in [0.717, 1.165) is 16.8 Å². The van der Waals surface area contributed by atoms with Crippen molar-refractivity contribution >= 4 is 28.9 Å². The van der Waals surface area contributed by atoms with Crippen molar-refractivity contribution < 1.29 is 4.79 Å². The number of nitrogens with zero attached hydrogens (tertiary/aromatic N) is 3. The second kappa shape index (κ2) is 7.63. The Morgan fingerprint density at radius 2 is 1.86 bits per heavy atom. The molecule has 7 heteroatoms. The largest absolute Gasteiger partial charge is 0.397 e. The van der Waals surface area contributed by atoms with Gasteiger partial charge in [-0.2, -0.15) is 4.98 Å². The summed E-state index contributed by atoms with van der Waals surface area (Å²) in [5.41, 5.74) is 10.6. The predicted octanol–water partition coefficient (Wildman–Crippen LogP) is 3.86. The number of carbonyl (C=O) groups excluding carboxylic acids is 1. The van der Waals surface area contributed by atoms with E-state index in [2.05, 4.69) is 20.7 Å². The topological polar surface area (TPSA) is 97.3 Å². The zero-order chi connectivity index (χ0) is 20.4. The van der Waals surface area contributed by atoms with Crippen LogP contribution in [0.3, 0.4) is 0 Å². The van der Waals surface area contributed by atoms with Crippen molar-refractivity contribution in [2.45, 2.75) is 19.9 Å². The van der Waals surface area contributed by atoms with Crippen molar-refractivity contribution in [2.24, 2.45) is 0 Å². The number of rotatable bonds is 5. The quantitative estimate of drug-likeness (QED) is 0.453. The van der Waals surface area contributed by atoms with Crippen LogP contribution in [0.1, 0.15) is 24.2 Å². The average molecular weight is 386 g/mol. The minimum absolute atomic E-state index is 0.0854. The number of benzene rings is 2. The van der Waals surface area contributed by atoms with E-state index < -0.39 is 0 Å². The standard InChI is InChI=1S/C22H22N6O/c1-14(2)24-21(29)16-7-5-6-15(12-16)17-10-11-20-26-22(27-28(20)13-17)25-19-9-4-3-8-18(19)23/h3-14H,23H2,1-2H3,(H,24,29)(H,25,27). The number of carbonyl (C=O) groups is 1. The first kappa shape index (κ1) is 18.5. The summed E-state index contributed by atoms with van der Waals surface area (Å²) in [5, 5.41) is 10.5. The van der Waals surface area contributed by atoms with Crippen molar-refractivity contribution in [1.29, 1.82) is 0 Å². The van der Waals surface area contributed by atoms with E-state index in [1.165, 1.54) is 0 Å². The second-order valence-corrected chi connectivity index (χ2v) is 7.08. The lowest BCUT2D eigenvalue weighted by Gasteiger charge is -2.09. The molecule has 0 saturated heterocycles. The van der Waals surface area contributed by atoms with Crippen LogP contribution in [-0.4, -0.2) is 26.5 Å². The van der Waals surface area contributed by atoms with Crippen LogP contribution >= 0.6 is 0 Å². The first-order chi connectivity index (χ1) is 14.0.